The SMILES string of the molecule is C.Cc1ccc(CC(=O)Nc2cc(-c3ccccc3C(=O)NS(C)(=O)=O)ccc2Oc2ccccc2C(C)(C)C)cc1.Cc1ccc(CC(=O)Nc2cc(-c3ccccc3C(=O)O)ccc2Oc2ccccc2C(C)(C)C)cc1. The zero-order valence-corrected chi connectivity index (χ0v) is 46.2. The molecule has 8 rings (SSSR count). The second-order valence-electron chi connectivity index (χ2n) is 21.1. The van der Waals surface area contributed by atoms with Gasteiger partial charge in [-0.05, 0) is 107 Å². The quantitative estimate of drug-likeness (QED) is 0.0778. The van der Waals surface area contributed by atoms with E-state index in [9.17, 15) is 32.7 Å². The fourth-order valence-corrected chi connectivity index (χ4v) is 9.05. The van der Waals surface area contributed by atoms with Gasteiger partial charge in [0.15, 0.2) is 11.5 Å². The van der Waals surface area contributed by atoms with Crippen LogP contribution in [-0.2, 0) is 43.3 Å². The van der Waals surface area contributed by atoms with E-state index in [1.54, 1.807) is 78.9 Å². The molecule has 3 amide bonds. The van der Waals surface area contributed by atoms with Gasteiger partial charge in [0.1, 0.15) is 11.5 Å². The van der Waals surface area contributed by atoms with Gasteiger partial charge in [-0.2, -0.15) is 0 Å². The van der Waals surface area contributed by atoms with Gasteiger partial charge in [0, 0.05) is 16.7 Å². The summed E-state index contributed by atoms with van der Waals surface area (Å²) in [5, 5.41) is 15.7. The fourth-order valence-electron chi connectivity index (χ4n) is 8.60. The molecule has 0 aromatic heterocycles. The summed E-state index contributed by atoms with van der Waals surface area (Å²) in [6, 6.07) is 55.2. The summed E-state index contributed by atoms with van der Waals surface area (Å²) < 4.78 is 38.2. The lowest BCUT2D eigenvalue weighted by Crippen LogP contribution is -2.29. The number of carbonyl (C=O) groups excluding carboxylic acids is 3. The maximum Gasteiger partial charge on any atom is 0.336 e. The molecule has 0 heterocycles. The number of para-hydroxylation sites is 2. The molecule has 13 heteroatoms. The van der Waals surface area contributed by atoms with Crippen molar-refractivity contribution in [2.75, 3.05) is 16.9 Å². The van der Waals surface area contributed by atoms with Gasteiger partial charge in [0.25, 0.3) is 5.91 Å². The number of anilines is 2. The highest BCUT2D eigenvalue weighted by molar-refractivity contribution is 7.89. The first-order valence-electron chi connectivity index (χ1n) is 25.4. The van der Waals surface area contributed by atoms with E-state index in [1.165, 1.54) is 0 Å². The number of sulfonamides is 1. The Morgan fingerprint density at radius 1 is 0.481 bits per heavy atom. The first-order valence-corrected chi connectivity index (χ1v) is 27.3. The molecule has 0 aliphatic heterocycles. The van der Waals surface area contributed by atoms with Crippen LogP contribution in [0.4, 0.5) is 11.4 Å². The molecule has 0 aliphatic rings. The first kappa shape index (κ1) is 59.4. The normalized spacial score (nSPS) is 11.2. The van der Waals surface area contributed by atoms with Crippen molar-refractivity contribution < 1.29 is 42.2 Å². The Hall–Kier alpha value is -8.81. The summed E-state index contributed by atoms with van der Waals surface area (Å²) in [5.74, 6) is 0.0840. The summed E-state index contributed by atoms with van der Waals surface area (Å²) in [6.45, 7) is 16.6. The van der Waals surface area contributed by atoms with Crippen LogP contribution in [0.2, 0.25) is 0 Å². The van der Waals surface area contributed by atoms with E-state index in [0.717, 1.165) is 39.6 Å². The second-order valence-corrected chi connectivity index (χ2v) is 22.9. The lowest BCUT2D eigenvalue weighted by Gasteiger charge is -2.23. The van der Waals surface area contributed by atoms with Crippen molar-refractivity contribution in [3.63, 3.8) is 0 Å². The highest BCUT2D eigenvalue weighted by atomic mass is 32.2. The summed E-state index contributed by atoms with van der Waals surface area (Å²) in [6.07, 6.45) is 1.29. The zero-order valence-electron chi connectivity index (χ0n) is 45.4. The minimum absolute atomic E-state index is 0. The molecule has 0 spiro atoms. The third-order valence-electron chi connectivity index (χ3n) is 12.5. The molecule has 0 bridgehead atoms. The predicted octanol–water partition coefficient (Wildman–Crippen LogP) is 14.9. The van der Waals surface area contributed by atoms with Gasteiger partial charge in [-0.25, -0.2) is 17.9 Å². The van der Waals surface area contributed by atoms with E-state index in [4.69, 9.17) is 9.47 Å². The molecule has 12 nitrogen and oxygen atoms in total. The number of hydrogen-bond acceptors (Lipinski definition) is 8. The van der Waals surface area contributed by atoms with Crippen LogP contribution >= 0.6 is 0 Å². The van der Waals surface area contributed by atoms with Crippen molar-refractivity contribution in [2.45, 2.75) is 86.5 Å². The van der Waals surface area contributed by atoms with Crippen LogP contribution in [0, 0.1) is 13.8 Å². The van der Waals surface area contributed by atoms with Crippen LogP contribution in [-0.4, -0.2) is 43.5 Å². The topological polar surface area (TPSA) is 177 Å². The van der Waals surface area contributed by atoms with Crippen LogP contribution in [0.3, 0.4) is 0 Å². The van der Waals surface area contributed by atoms with Gasteiger partial charge in [0.2, 0.25) is 21.8 Å². The Balaban J connectivity index is 0.000000253. The molecule has 408 valence electrons. The number of hydrogen-bond donors (Lipinski definition) is 4. The highest BCUT2D eigenvalue weighted by Crippen LogP contribution is 2.41. The summed E-state index contributed by atoms with van der Waals surface area (Å²) in [4.78, 5) is 50.9. The monoisotopic (exact) mass is 1080 g/mol. The number of carboxylic acid groups (broad SMARTS) is 1. The van der Waals surface area contributed by atoms with Crippen molar-refractivity contribution in [1.29, 1.82) is 0 Å². The molecule has 0 atom stereocenters. The zero-order chi connectivity index (χ0) is 56.4. The third kappa shape index (κ3) is 16.4. The van der Waals surface area contributed by atoms with Gasteiger partial charge < -0.3 is 25.2 Å². The standard InChI is InChI=1S/C33H34N2O5S.C32H31NO4.CH4/c1-22-14-16-23(17-15-22)20-31(36)34-28-21-24(25-10-6-7-11-26(25)32(37)35-41(5,38)39)18-19-30(28)40-29-13-9-8-12-27(29)33(2,3)4;1-21-13-15-22(16-14-21)19-30(34)33-27-20-23(24-9-5-6-10-25(24)31(35)36)17-18-29(27)37-28-12-8-7-11-26(28)32(2,3)4;/h6-19,21H,20H2,1-5H3,(H,34,36)(H,35,37);5-18,20H,19H2,1-4H3,(H,33,34)(H,35,36);1H4. The number of amides is 3. The van der Waals surface area contributed by atoms with E-state index in [1.807, 2.05) is 122 Å². The maximum absolute atomic E-state index is 13.2. The maximum atomic E-state index is 13.2. The van der Waals surface area contributed by atoms with Crippen molar-refractivity contribution in [2.24, 2.45) is 0 Å². The third-order valence-corrected chi connectivity index (χ3v) is 13.1. The molecule has 0 fully saturated rings. The molecule has 8 aromatic rings. The van der Waals surface area contributed by atoms with Crippen molar-refractivity contribution >= 4 is 45.1 Å². The molecule has 0 saturated carbocycles. The van der Waals surface area contributed by atoms with Crippen LogP contribution in [0.15, 0.2) is 182 Å². The summed E-state index contributed by atoms with van der Waals surface area (Å²) in [5.41, 5.74) is 9.30. The minimum Gasteiger partial charge on any atom is -0.478 e. The molecule has 0 aliphatic carbocycles. The molecule has 0 unspecified atom stereocenters. The highest BCUT2D eigenvalue weighted by Gasteiger charge is 2.24. The largest absolute Gasteiger partial charge is 0.478 e. The average molecular weight is 1080 g/mol. The minimum atomic E-state index is -3.76. The predicted molar refractivity (Wildman–Crippen MR) is 317 cm³/mol. The Morgan fingerprint density at radius 2 is 0.848 bits per heavy atom. The number of carboxylic acids is 1. The Labute approximate surface area is 464 Å². The average Bonchev–Trinajstić information content (AvgIpc) is 3.38. The van der Waals surface area contributed by atoms with Crippen LogP contribution < -0.4 is 24.8 Å². The summed E-state index contributed by atoms with van der Waals surface area (Å²) >= 11 is 0. The van der Waals surface area contributed by atoms with E-state index in [2.05, 4.69) is 52.2 Å². The van der Waals surface area contributed by atoms with E-state index in [0.29, 0.717) is 56.6 Å². The molecule has 0 radical (unpaired) electrons. The number of benzene rings is 8. The molecule has 4 N–H and O–H groups in total. The number of aromatic carboxylic acids is 1. The van der Waals surface area contributed by atoms with Gasteiger partial charge in [-0.1, -0.05) is 194 Å². The Bertz CT molecular complexity index is 3600. The smallest absolute Gasteiger partial charge is 0.336 e. The van der Waals surface area contributed by atoms with Crippen LogP contribution in [0.1, 0.15) is 103 Å². The molecule has 79 heavy (non-hydrogen) atoms. The van der Waals surface area contributed by atoms with Gasteiger partial charge in [-0.3, -0.25) is 14.4 Å². The number of aryl methyl sites for hydroxylation is 2. The molecular formula is C66H69N3O9S. The second kappa shape index (κ2) is 25.6. The van der Waals surface area contributed by atoms with Gasteiger partial charge in [0.05, 0.1) is 36.0 Å². The van der Waals surface area contributed by atoms with Gasteiger partial charge in [-0.15, -0.1) is 0 Å². The number of carbonyl (C=O) groups is 4. The fraction of sp³-hybridized carbons (Fsp3) is 0.212. The van der Waals surface area contributed by atoms with E-state index >= 15 is 0 Å². The van der Waals surface area contributed by atoms with Crippen LogP contribution in [0.5, 0.6) is 23.0 Å². The van der Waals surface area contributed by atoms with Crippen molar-refractivity contribution in [3.8, 4) is 45.3 Å². The molecule has 0 saturated heterocycles. The van der Waals surface area contributed by atoms with E-state index in [-0.39, 0.29) is 54.0 Å². The first-order chi connectivity index (χ1) is 36.9. The lowest BCUT2D eigenvalue weighted by molar-refractivity contribution is -0.116. The van der Waals surface area contributed by atoms with E-state index < -0.39 is 21.9 Å². The molecule has 8 aromatic carbocycles. The van der Waals surface area contributed by atoms with Crippen molar-refractivity contribution in [3.05, 3.63) is 226 Å². The number of rotatable bonds is 15. The Morgan fingerprint density at radius 3 is 1.24 bits per heavy atom. The number of nitrogens with one attached hydrogen (secondary N) is 3. The Kier molecular flexibility index (Phi) is 19.2. The molecular weight excluding hydrogens is 1010 g/mol. The van der Waals surface area contributed by atoms with Crippen LogP contribution in [0.25, 0.3) is 22.3 Å². The lowest BCUT2D eigenvalue weighted by atomic mass is 9.86. The summed E-state index contributed by atoms with van der Waals surface area (Å²) in [7, 11) is -3.76. The van der Waals surface area contributed by atoms with Gasteiger partial charge >= 0.3 is 5.97 Å². The van der Waals surface area contributed by atoms with Crippen molar-refractivity contribution in [1.82, 2.24) is 4.72 Å². The number of ether oxygens (including phenoxy) is 2.